The summed E-state index contributed by atoms with van der Waals surface area (Å²) in [6, 6.07) is 13.6. The van der Waals surface area contributed by atoms with Gasteiger partial charge in [-0.25, -0.2) is 9.78 Å². The van der Waals surface area contributed by atoms with Crippen molar-refractivity contribution in [3.05, 3.63) is 76.3 Å². The molecule has 0 aliphatic carbocycles. The van der Waals surface area contributed by atoms with Gasteiger partial charge in [-0.1, -0.05) is 30.3 Å². The van der Waals surface area contributed by atoms with Gasteiger partial charge in [0.25, 0.3) is 5.69 Å². The molecule has 3 aromatic rings. The monoisotopic (exact) mass is 409 g/mol. The van der Waals surface area contributed by atoms with Crippen LogP contribution in [0.5, 0.6) is 0 Å². The summed E-state index contributed by atoms with van der Waals surface area (Å²) in [5.74, 6) is 0.117. The van der Waals surface area contributed by atoms with E-state index in [0.717, 1.165) is 5.56 Å². The van der Waals surface area contributed by atoms with E-state index < -0.39 is 10.9 Å². The summed E-state index contributed by atoms with van der Waals surface area (Å²) >= 11 is 0. The van der Waals surface area contributed by atoms with Crippen LogP contribution in [0.3, 0.4) is 0 Å². The molecular formula is C21H19N3O6. The van der Waals surface area contributed by atoms with Gasteiger partial charge in [0, 0.05) is 30.8 Å². The SMILES string of the molecule is O=C(OCc1ncc(-c2ccccc2)o1)c1cc([N+](=O)[O-])ccc1N1CCOCC1. The van der Waals surface area contributed by atoms with E-state index in [1.165, 1.54) is 12.1 Å². The van der Waals surface area contributed by atoms with Gasteiger partial charge in [-0.2, -0.15) is 0 Å². The van der Waals surface area contributed by atoms with Crippen LogP contribution in [-0.2, 0) is 16.1 Å². The van der Waals surface area contributed by atoms with Gasteiger partial charge in [-0.05, 0) is 6.07 Å². The van der Waals surface area contributed by atoms with E-state index in [-0.39, 0.29) is 23.7 Å². The number of hydrogen-bond acceptors (Lipinski definition) is 8. The number of hydrogen-bond donors (Lipinski definition) is 0. The van der Waals surface area contributed by atoms with Crippen molar-refractivity contribution in [1.29, 1.82) is 0 Å². The number of nitro groups is 1. The number of benzene rings is 2. The zero-order valence-electron chi connectivity index (χ0n) is 16.0. The first-order chi connectivity index (χ1) is 14.6. The third kappa shape index (κ3) is 4.31. The smallest absolute Gasteiger partial charge is 0.341 e. The molecule has 2 aromatic carbocycles. The Morgan fingerprint density at radius 2 is 1.93 bits per heavy atom. The number of rotatable bonds is 6. The molecule has 0 saturated carbocycles. The molecule has 1 aliphatic rings. The summed E-state index contributed by atoms with van der Waals surface area (Å²) in [6.45, 7) is 2.02. The standard InChI is InChI=1S/C21H19N3O6/c25-21(29-14-20-22-13-19(30-20)15-4-2-1-3-5-15)17-12-16(24(26)27)6-7-18(17)23-8-10-28-11-9-23/h1-7,12-13H,8-11,14H2. The molecule has 0 amide bonds. The molecule has 0 radical (unpaired) electrons. The summed E-state index contributed by atoms with van der Waals surface area (Å²) in [6.07, 6.45) is 1.56. The van der Waals surface area contributed by atoms with Gasteiger partial charge in [-0.15, -0.1) is 0 Å². The molecule has 0 bridgehead atoms. The van der Waals surface area contributed by atoms with Gasteiger partial charge in [0.2, 0.25) is 5.89 Å². The number of carbonyl (C=O) groups is 1. The van der Waals surface area contributed by atoms with Crippen molar-refractivity contribution in [1.82, 2.24) is 4.98 Å². The van der Waals surface area contributed by atoms with Crippen molar-refractivity contribution in [2.45, 2.75) is 6.61 Å². The number of morpholine rings is 1. The van der Waals surface area contributed by atoms with Gasteiger partial charge in [0.05, 0.1) is 35.6 Å². The van der Waals surface area contributed by atoms with Crippen LogP contribution in [0.15, 0.2) is 59.1 Å². The second kappa shape index (κ2) is 8.75. The van der Waals surface area contributed by atoms with Crippen LogP contribution in [0, 0.1) is 10.1 Å². The fraction of sp³-hybridized carbons (Fsp3) is 0.238. The molecule has 1 aliphatic heterocycles. The average molecular weight is 409 g/mol. The Kier molecular flexibility index (Phi) is 5.71. The number of non-ortho nitro benzene ring substituents is 1. The highest BCUT2D eigenvalue weighted by molar-refractivity contribution is 5.96. The molecule has 30 heavy (non-hydrogen) atoms. The van der Waals surface area contributed by atoms with E-state index in [4.69, 9.17) is 13.9 Å². The molecule has 0 spiro atoms. The second-order valence-electron chi connectivity index (χ2n) is 6.62. The zero-order valence-corrected chi connectivity index (χ0v) is 16.0. The molecular weight excluding hydrogens is 390 g/mol. The highest BCUT2D eigenvalue weighted by atomic mass is 16.6. The summed E-state index contributed by atoms with van der Waals surface area (Å²) in [4.78, 5) is 29.5. The molecule has 1 saturated heterocycles. The number of oxazole rings is 1. The normalized spacial score (nSPS) is 13.8. The maximum absolute atomic E-state index is 12.8. The van der Waals surface area contributed by atoms with Gasteiger partial charge in [-0.3, -0.25) is 10.1 Å². The molecule has 4 rings (SSSR count). The molecule has 9 heteroatoms. The Morgan fingerprint density at radius 3 is 2.67 bits per heavy atom. The van der Waals surface area contributed by atoms with E-state index in [0.29, 0.717) is 37.8 Å². The Bertz CT molecular complexity index is 1040. The highest BCUT2D eigenvalue weighted by Gasteiger charge is 2.23. The Labute approximate surface area is 172 Å². The van der Waals surface area contributed by atoms with Crippen molar-refractivity contribution in [3.63, 3.8) is 0 Å². The quantitative estimate of drug-likeness (QED) is 0.346. The first-order valence-electron chi connectivity index (χ1n) is 9.40. The van der Waals surface area contributed by atoms with Crippen molar-refractivity contribution in [2.75, 3.05) is 31.2 Å². The highest BCUT2D eigenvalue weighted by Crippen LogP contribution is 2.28. The Hall–Kier alpha value is -3.72. The molecule has 2 heterocycles. The van der Waals surface area contributed by atoms with E-state index in [1.807, 2.05) is 35.2 Å². The van der Waals surface area contributed by atoms with Gasteiger partial charge in [0.15, 0.2) is 12.4 Å². The molecule has 154 valence electrons. The molecule has 1 fully saturated rings. The summed E-state index contributed by atoms with van der Waals surface area (Å²) in [5, 5.41) is 11.2. The first kappa shape index (κ1) is 19.6. The number of esters is 1. The Balaban J connectivity index is 1.51. The first-order valence-corrected chi connectivity index (χ1v) is 9.40. The predicted molar refractivity (Wildman–Crippen MR) is 107 cm³/mol. The van der Waals surface area contributed by atoms with Crippen molar-refractivity contribution in [3.8, 4) is 11.3 Å². The number of aromatic nitrogens is 1. The van der Waals surface area contributed by atoms with Crippen molar-refractivity contribution in [2.24, 2.45) is 0 Å². The topological polar surface area (TPSA) is 108 Å². The fourth-order valence-electron chi connectivity index (χ4n) is 3.20. The fourth-order valence-corrected chi connectivity index (χ4v) is 3.20. The summed E-state index contributed by atoms with van der Waals surface area (Å²) in [7, 11) is 0. The minimum atomic E-state index is -0.681. The minimum absolute atomic E-state index is 0.126. The van der Waals surface area contributed by atoms with E-state index >= 15 is 0 Å². The molecule has 0 N–H and O–H groups in total. The lowest BCUT2D eigenvalue weighted by Crippen LogP contribution is -2.37. The van der Waals surface area contributed by atoms with Crippen molar-refractivity contribution >= 4 is 17.3 Å². The average Bonchev–Trinajstić information content (AvgIpc) is 3.27. The van der Waals surface area contributed by atoms with Crippen LogP contribution in [-0.4, -0.2) is 42.2 Å². The van der Waals surface area contributed by atoms with Crippen LogP contribution >= 0.6 is 0 Å². The van der Waals surface area contributed by atoms with Gasteiger partial charge < -0.3 is 18.8 Å². The third-order valence-electron chi connectivity index (χ3n) is 4.70. The molecule has 0 atom stereocenters. The largest absolute Gasteiger partial charge is 0.452 e. The van der Waals surface area contributed by atoms with Crippen LogP contribution in [0.1, 0.15) is 16.2 Å². The number of carbonyl (C=O) groups excluding carboxylic acids is 1. The molecule has 9 nitrogen and oxygen atoms in total. The van der Waals surface area contributed by atoms with Crippen LogP contribution in [0.2, 0.25) is 0 Å². The van der Waals surface area contributed by atoms with Gasteiger partial charge >= 0.3 is 5.97 Å². The van der Waals surface area contributed by atoms with Crippen LogP contribution in [0.4, 0.5) is 11.4 Å². The van der Waals surface area contributed by atoms with E-state index in [2.05, 4.69) is 4.98 Å². The number of ether oxygens (including phenoxy) is 2. The van der Waals surface area contributed by atoms with Gasteiger partial charge in [0.1, 0.15) is 0 Å². The molecule has 1 aromatic heterocycles. The molecule has 0 unspecified atom stereocenters. The number of nitrogens with zero attached hydrogens (tertiary/aromatic N) is 3. The minimum Gasteiger partial charge on any atom is -0.452 e. The maximum Gasteiger partial charge on any atom is 0.341 e. The van der Waals surface area contributed by atoms with Crippen LogP contribution < -0.4 is 4.90 Å². The lowest BCUT2D eigenvalue weighted by Gasteiger charge is -2.30. The maximum atomic E-state index is 12.8. The van der Waals surface area contributed by atoms with E-state index in [9.17, 15) is 14.9 Å². The zero-order chi connectivity index (χ0) is 20.9. The second-order valence-corrected chi connectivity index (χ2v) is 6.62. The summed E-state index contributed by atoms with van der Waals surface area (Å²) in [5.41, 5.74) is 1.38. The number of anilines is 1. The lowest BCUT2D eigenvalue weighted by molar-refractivity contribution is -0.384. The predicted octanol–water partition coefficient (Wildman–Crippen LogP) is 3.44. The van der Waals surface area contributed by atoms with Crippen molar-refractivity contribution < 1.29 is 23.6 Å². The lowest BCUT2D eigenvalue weighted by atomic mass is 10.1. The van der Waals surface area contributed by atoms with E-state index in [1.54, 1.807) is 12.3 Å². The summed E-state index contributed by atoms with van der Waals surface area (Å²) < 4.78 is 16.3. The third-order valence-corrected chi connectivity index (χ3v) is 4.70. The Morgan fingerprint density at radius 1 is 1.17 bits per heavy atom. The number of nitro benzene ring substituents is 1. The van der Waals surface area contributed by atoms with Crippen LogP contribution in [0.25, 0.3) is 11.3 Å².